The number of carbonyl (C=O) groups is 3. The molecule has 0 bridgehead atoms. The number of benzene rings is 2. The Bertz CT molecular complexity index is 977. The third-order valence-corrected chi connectivity index (χ3v) is 4.40. The fourth-order valence-electron chi connectivity index (χ4n) is 3.05. The maximum absolute atomic E-state index is 12.7. The van der Waals surface area contributed by atoms with Crippen LogP contribution in [0.2, 0.25) is 0 Å². The van der Waals surface area contributed by atoms with Crippen LogP contribution in [-0.4, -0.2) is 32.7 Å². The van der Waals surface area contributed by atoms with Gasteiger partial charge in [0.1, 0.15) is 0 Å². The van der Waals surface area contributed by atoms with E-state index in [1.807, 2.05) is 29.8 Å². The van der Waals surface area contributed by atoms with Crippen LogP contribution in [0.1, 0.15) is 50.4 Å². The van der Waals surface area contributed by atoms with E-state index in [9.17, 15) is 9.59 Å². The molecule has 1 aliphatic carbocycles. The summed E-state index contributed by atoms with van der Waals surface area (Å²) in [5.74, 6) is -0.174. The topological polar surface area (TPSA) is 89.3 Å². The van der Waals surface area contributed by atoms with E-state index in [1.165, 1.54) is 0 Å². The molecule has 1 heterocycles. The molecule has 0 radical (unpaired) electrons. The molecule has 3 aromatic rings. The van der Waals surface area contributed by atoms with Gasteiger partial charge in [0.25, 0.3) is 6.47 Å². The third kappa shape index (κ3) is 2.93. The van der Waals surface area contributed by atoms with E-state index < -0.39 is 0 Å². The van der Waals surface area contributed by atoms with Crippen LogP contribution in [0.4, 0.5) is 0 Å². The first-order valence-corrected chi connectivity index (χ1v) is 7.96. The molecule has 1 unspecified atom stereocenters. The molecule has 1 N–H and O–H groups in total. The van der Waals surface area contributed by atoms with Crippen molar-refractivity contribution in [3.8, 4) is 0 Å². The summed E-state index contributed by atoms with van der Waals surface area (Å²) in [6.07, 6.45) is 5.35. The smallest absolute Gasteiger partial charge is 0.290 e. The Labute approximate surface area is 149 Å². The minimum absolute atomic E-state index is 0.0443. The van der Waals surface area contributed by atoms with E-state index >= 15 is 0 Å². The summed E-state index contributed by atoms with van der Waals surface area (Å²) in [5.41, 5.74) is 2.91. The van der Waals surface area contributed by atoms with Crippen LogP contribution in [0.15, 0.2) is 61.2 Å². The standard InChI is InChI=1S/C19H14N2O2.CH2O2/c1-12(21-9-8-20-11-21)13-6-7-16-17(10-13)19(23)15-5-3-2-4-14(15)18(16)22;2-1-3/h2-12H,1H3;1H,(H,2,3). The van der Waals surface area contributed by atoms with Crippen molar-refractivity contribution in [1.29, 1.82) is 0 Å². The fourth-order valence-corrected chi connectivity index (χ4v) is 3.05. The van der Waals surface area contributed by atoms with Gasteiger partial charge in [-0.2, -0.15) is 0 Å². The van der Waals surface area contributed by atoms with Crippen LogP contribution in [0.5, 0.6) is 0 Å². The van der Waals surface area contributed by atoms with Crippen LogP contribution in [-0.2, 0) is 4.79 Å². The largest absolute Gasteiger partial charge is 0.483 e. The Morgan fingerprint density at radius 1 is 1.00 bits per heavy atom. The number of imidazole rings is 1. The Balaban J connectivity index is 0.000000613. The van der Waals surface area contributed by atoms with Gasteiger partial charge >= 0.3 is 0 Å². The van der Waals surface area contributed by atoms with Crippen LogP contribution in [0, 0.1) is 0 Å². The monoisotopic (exact) mass is 348 g/mol. The zero-order valence-electron chi connectivity index (χ0n) is 14.0. The van der Waals surface area contributed by atoms with Crippen molar-refractivity contribution < 1.29 is 19.5 Å². The molecule has 0 saturated carbocycles. The normalized spacial score (nSPS) is 13.1. The van der Waals surface area contributed by atoms with Crippen molar-refractivity contribution in [1.82, 2.24) is 9.55 Å². The van der Waals surface area contributed by atoms with E-state index in [2.05, 4.69) is 4.98 Å². The number of carbonyl (C=O) groups excluding carboxylic acids is 2. The van der Waals surface area contributed by atoms with E-state index in [4.69, 9.17) is 9.90 Å². The minimum atomic E-state index is -0.250. The molecule has 0 fully saturated rings. The molecule has 1 aliphatic rings. The van der Waals surface area contributed by atoms with Gasteiger partial charge in [0, 0.05) is 34.6 Å². The zero-order chi connectivity index (χ0) is 18.7. The second-order valence-corrected chi connectivity index (χ2v) is 5.80. The van der Waals surface area contributed by atoms with Gasteiger partial charge in [0.2, 0.25) is 0 Å². The van der Waals surface area contributed by atoms with Crippen LogP contribution in [0.3, 0.4) is 0 Å². The number of ketones is 2. The van der Waals surface area contributed by atoms with Crippen LogP contribution >= 0.6 is 0 Å². The lowest BCUT2D eigenvalue weighted by Gasteiger charge is -2.20. The van der Waals surface area contributed by atoms with E-state index in [0.717, 1.165) is 5.56 Å². The van der Waals surface area contributed by atoms with Gasteiger partial charge in [-0.15, -0.1) is 0 Å². The van der Waals surface area contributed by atoms with E-state index in [1.54, 1.807) is 42.9 Å². The molecule has 6 nitrogen and oxygen atoms in total. The Morgan fingerprint density at radius 2 is 1.58 bits per heavy atom. The molecule has 2 aromatic carbocycles. The average molecular weight is 348 g/mol. The number of hydrogen-bond acceptors (Lipinski definition) is 4. The first-order chi connectivity index (χ1) is 12.6. The predicted octanol–water partition coefficient (Wildman–Crippen LogP) is 2.97. The second-order valence-electron chi connectivity index (χ2n) is 5.80. The van der Waals surface area contributed by atoms with Gasteiger partial charge in [0.05, 0.1) is 12.4 Å². The van der Waals surface area contributed by atoms with Gasteiger partial charge in [-0.3, -0.25) is 14.4 Å². The quantitative estimate of drug-likeness (QED) is 0.563. The van der Waals surface area contributed by atoms with Crippen molar-refractivity contribution in [2.45, 2.75) is 13.0 Å². The van der Waals surface area contributed by atoms with E-state index in [-0.39, 0.29) is 24.1 Å². The highest BCUT2D eigenvalue weighted by Gasteiger charge is 2.29. The third-order valence-electron chi connectivity index (χ3n) is 4.40. The molecular weight excluding hydrogens is 332 g/mol. The second kappa shape index (κ2) is 7.14. The van der Waals surface area contributed by atoms with Gasteiger partial charge in [0.15, 0.2) is 11.6 Å². The van der Waals surface area contributed by atoms with Crippen molar-refractivity contribution >= 4 is 18.0 Å². The summed E-state index contributed by atoms with van der Waals surface area (Å²) in [6, 6.07) is 12.5. The van der Waals surface area contributed by atoms with Crippen molar-refractivity contribution in [3.05, 3.63) is 89.0 Å². The van der Waals surface area contributed by atoms with Crippen LogP contribution in [0.25, 0.3) is 0 Å². The number of carboxylic acid groups (broad SMARTS) is 1. The summed E-state index contributed by atoms with van der Waals surface area (Å²) in [4.78, 5) is 37.8. The van der Waals surface area contributed by atoms with Gasteiger partial charge in [-0.25, -0.2) is 4.98 Å². The van der Waals surface area contributed by atoms with Gasteiger partial charge in [-0.05, 0) is 24.6 Å². The fraction of sp³-hybridized carbons (Fsp3) is 0.100. The highest BCUT2D eigenvalue weighted by molar-refractivity contribution is 6.28. The maximum atomic E-state index is 12.7. The van der Waals surface area contributed by atoms with E-state index in [0.29, 0.717) is 22.3 Å². The molecule has 1 aromatic heterocycles. The molecule has 1 atom stereocenters. The van der Waals surface area contributed by atoms with Crippen LogP contribution < -0.4 is 0 Å². The number of hydrogen-bond donors (Lipinski definition) is 1. The summed E-state index contributed by atoms with van der Waals surface area (Å²) >= 11 is 0. The summed E-state index contributed by atoms with van der Waals surface area (Å²) in [7, 11) is 0. The molecular formula is C20H16N2O4. The van der Waals surface area contributed by atoms with Crippen molar-refractivity contribution in [2.75, 3.05) is 0 Å². The predicted molar refractivity (Wildman–Crippen MR) is 94.5 cm³/mol. The molecule has 26 heavy (non-hydrogen) atoms. The molecule has 0 saturated heterocycles. The minimum Gasteiger partial charge on any atom is -0.483 e. The molecule has 0 aliphatic heterocycles. The summed E-state index contributed by atoms with van der Waals surface area (Å²) in [6.45, 7) is 1.78. The van der Waals surface area contributed by atoms with Gasteiger partial charge < -0.3 is 9.67 Å². The number of rotatable bonds is 2. The Morgan fingerprint density at radius 3 is 2.15 bits per heavy atom. The lowest BCUT2D eigenvalue weighted by atomic mass is 9.83. The van der Waals surface area contributed by atoms with Crippen molar-refractivity contribution in [3.63, 3.8) is 0 Å². The maximum Gasteiger partial charge on any atom is 0.290 e. The molecule has 4 rings (SSSR count). The molecule has 0 spiro atoms. The molecule has 6 heteroatoms. The average Bonchev–Trinajstić information content (AvgIpc) is 3.20. The van der Waals surface area contributed by atoms with Gasteiger partial charge in [-0.1, -0.05) is 30.3 Å². The molecule has 130 valence electrons. The lowest BCUT2D eigenvalue weighted by Crippen LogP contribution is -2.21. The Hall–Kier alpha value is -3.54. The molecule has 0 amide bonds. The first-order valence-electron chi connectivity index (χ1n) is 7.96. The highest BCUT2D eigenvalue weighted by Crippen LogP contribution is 2.30. The number of aromatic nitrogens is 2. The SMILES string of the molecule is CC(c1ccc2c(c1)C(=O)c1ccccc1C2=O)n1ccnc1.O=CO. The number of nitrogens with zero attached hydrogens (tertiary/aromatic N) is 2. The highest BCUT2D eigenvalue weighted by atomic mass is 16.3. The summed E-state index contributed by atoms with van der Waals surface area (Å²) < 4.78 is 1.96. The number of fused-ring (bicyclic) bond motifs is 2. The Kier molecular flexibility index (Phi) is 4.75. The zero-order valence-corrected chi connectivity index (χ0v) is 14.0. The van der Waals surface area contributed by atoms with Crippen molar-refractivity contribution in [2.24, 2.45) is 0 Å². The first kappa shape index (κ1) is 17.3. The summed E-state index contributed by atoms with van der Waals surface area (Å²) in [5, 5.41) is 6.89. The lowest BCUT2D eigenvalue weighted by molar-refractivity contribution is -0.122.